The molecule has 2 radical (unpaired) electrons. The summed E-state index contributed by atoms with van der Waals surface area (Å²) in [5.41, 5.74) is 0.566. The maximum absolute atomic E-state index is 12.5. The van der Waals surface area contributed by atoms with Gasteiger partial charge in [-0.1, -0.05) is 46.1 Å². The van der Waals surface area contributed by atoms with Crippen molar-refractivity contribution in [1.29, 1.82) is 0 Å². The second kappa shape index (κ2) is 9.41. The molecule has 3 N–H and O–H groups in total. The molecule has 1 amide bonds. The third kappa shape index (κ3) is 5.69. The van der Waals surface area contributed by atoms with Crippen LogP contribution in [0.3, 0.4) is 0 Å². The molecular formula is C23H30BN5O5S. The van der Waals surface area contributed by atoms with E-state index in [2.05, 4.69) is 19.4 Å². The van der Waals surface area contributed by atoms with Gasteiger partial charge in [0.05, 0.1) is 17.5 Å². The van der Waals surface area contributed by atoms with Gasteiger partial charge < -0.3 is 19.7 Å². The number of amides is 1. The first-order chi connectivity index (χ1) is 16.1. The van der Waals surface area contributed by atoms with Crippen molar-refractivity contribution in [2.24, 2.45) is 14.8 Å². The average molecular weight is 499 g/mol. The van der Waals surface area contributed by atoms with E-state index in [0.29, 0.717) is 5.76 Å². The van der Waals surface area contributed by atoms with E-state index in [4.69, 9.17) is 12.3 Å². The Morgan fingerprint density at radius 3 is 2.49 bits per heavy atom. The second-order valence-corrected chi connectivity index (χ2v) is 11.3. The summed E-state index contributed by atoms with van der Waals surface area (Å²) in [6.07, 6.45) is 1.67. The third-order valence-corrected chi connectivity index (χ3v) is 6.27. The van der Waals surface area contributed by atoms with E-state index in [1.54, 1.807) is 6.26 Å². The second-order valence-electron chi connectivity index (χ2n) is 9.95. The van der Waals surface area contributed by atoms with Crippen LogP contribution in [0, 0.1) is 5.41 Å². The summed E-state index contributed by atoms with van der Waals surface area (Å²) in [4.78, 5) is 18.4. The molecule has 1 aliphatic heterocycles. The highest BCUT2D eigenvalue weighted by Crippen LogP contribution is 2.38. The molecule has 3 rings (SSSR count). The van der Waals surface area contributed by atoms with E-state index in [1.807, 2.05) is 40.7 Å². The van der Waals surface area contributed by atoms with Crippen molar-refractivity contribution in [2.75, 3.05) is 19.4 Å². The number of amidine groups is 2. The summed E-state index contributed by atoms with van der Waals surface area (Å²) in [5.74, 6) is -0.314. The lowest BCUT2D eigenvalue weighted by molar-refractivity contribution is 0.0826. The molecule has 0 unspecified atom stereocenters. The smallest absolute Gasteiger partial charge is 0.345 e. The van der Waals surface area contributed by atoms with Crippen LogP contribution in [-0.4, -0.2) is 57.9 Å². The Bertz CT molecular complexity index is 1310. The number of nitrogens with zero attached hydrogens (tertiary/aromatic N) is 3. The number of hydrogen-bond acceptors (Lipinski definition) is 7. The highest BCUT2D eigenvalue weighted by atomic mass is 32.2. The summed E-state index contributed by atoms with van der Waals surface area (Å²) in [6.45, 7) is 9.95. The van der Waals surface area contributed by atoms with E-state index in [0.717, 1.165) is 5.56 Å². The van der Waals surface area contributed by atoms with Crippen molar-refractivity contribution in [2.45, 2.75) is 46.6 Å². The van der Waals surface area contributed by atoms with Crippen molar-refractivity contribution in [3.63, 3.8) is 0 Å². The number of phenolic OH excluding ortho intramolecular Hbond substituents is 1. The standard InChI is InChI=1S/C23H30BN5O5S/c1-12(2)13-10-16(34-11-13)19(23(3,4)5)26-21-20(27-35(32,33)28-21)25-15-9-8-14(24)17(18(15)30)22(31)29(6)7/h8-12,19,30H,1-7H3,(H,25,27)(H,26,28)/t19-/m0/s1. The zero-order valence-corrected chi connectivity index (χ0v) is 21.7. The summed E-state index contributed by atoms with van der Waals surface area (Å²) < 4.78 is 36.4. The number of phenols is 1. The monoisotopic (exact) mass is 499 g/mol. The van der Waals surface area contributed by atoms with Crippen LogP contribution >= 0.6 is 0 Å². The van der Waals surface area contributed by atoms with Gasteiger partial charge in [0.25, 0.3) is 5.91 Å². The van der Waals surface area contributed by atoms with Gasteiger partial charge in [-0.15, -0.1) is 4.40 Å². The highest BCUT2D eigenvalue weighted by Gasteiger charge is 2.34. The molecule has 1 aliphatic rings. The fraction of sp³-hybridized carbons (Fsp3) is 0.435. The molecule has 0 saturated heterocycles. The van der Waals surface area contributed by atoms with Crippen molar-refractivity contribution < 1.29 is 22.7 Å². The largest absolute Gasteiger partial charge is 0.505 e. The molecule has 1 atom stereocenters. The predicted molar refractivity (Wildman–Crippen MR) is 137 cm³/mol. The Morgan fingerprint density at radius 2 is 1.94 bits per heavy atom. The number of rotatable bonds is 5. The van der Waals surface area contributed by atoms with Crippen LogP contribution in [0.5, 0.6) is 5.75 Å². The van der Waals surface area contributed by atoms with Crippen LogP contribution in [0.15, 0.2) is 38.3 Å². The molecule has 1 aromatic heterocycles. The lowest BCUT2D eigenvalue weighted by Crippen LogP contribution is -2.33. The summed E-state index contributed by atoms with van der Waals surface area (Å²) >= 11 is 0. The minimum absolute atomic E-state index is 0.0437. The van der Waals surface area contributed by atoms with Crippen molar-refractivity contribution >= 4 is 46.8 Å². The van der Waals surface area contributed by atoms with Gasteiger partial charge in [-0.2, -0.15) is 8.42 Å². The Hall–Kier alpha value is -3.28. The Morgan fingerprint density at radius 1 is 1.29 bits per heavy atom. The number of nitrogens with one attached hydrogen (secondary N) is 2. The van der Waals surface area contributed by atoms with Gasteiger partial charge in [0.2, 0.25) is 0 Å². The highest BCUT2D eigenvalue weighted by molar-refractivity contribution is 7.89. The van der Waals surface area contributed by atoms with E-state index in [-0.39, 0.29) is 34.3 Å². The topological polar surface area (TPSA) is 137 Å². The summed E-state index contributed by atoms with van der Waals surface area (Å²) in [6, 6.07) is 4.21. The van der Waals surface area contributed by atoms with Gasteiger partial charge in [0, 0.05) is 14.1 Å². The van der Waals surface area contributed by atoms with E-state index >= 15 is 0 Å². The van der Waals surface area contributed by atoms with Crippen LogP contribution in [0.25, 0.3) is 0 Å². The summed E-state index contributed by atoms with van der Waals surface area (Å²) in [5, 5.41) is 13.5. The fourth-order valence-electron chi connectivity index (χ4n) is 3.44. The van der Waals surface area contributed by atoms with Gasteiger partial charge in [0.1, 0.15) is 19.6 Å². The fourth-order valence-corrected chi connectivity index (χ4v) is 4.25. The maximum Gasteiger partial charge on any atom is 0.345 e. The first-order valence-corrected chi connectivity index (χ1v) is 12.4. The number of aromatic hydroxyl groups is 1. The molecule has 0 bridgehead atoms. The van der Waals surface area contributed by atoms with Crippen LogP contribution in [0.1, 0.15) is 68.3 Å². The molecule has 0 aliphatic carbocycles. The molecule has 12 heteroatoms. The van der Waals surface area contributed by atoms with E-state index in [1.165, 1.54) is 31.1 Å². The van der Waals surface area contributed by atoms with Crippen LogP contribution in [0.4, 0.5) is 5.69 Å². The van der Waals surface area contributed by atoms with Crippen LogP contribution in [0.2, 0.25) is 0 Å². The molecule has 186 valence electrons. The number of aliphatic imine (C=N–C) groups is 1. The molecule has 1 aromatic carbocycles. The quantitative estimate of drug-likeness (QED) is 0.427. The number of benzene rings is 1. The minimum Gasteiger partial charge on any atom is -0.505 e. The Kier molecular flexibility index (Phi) is 7.08. The zero-order chi connectivity index (χ0) is 26.3. The first-order valence-electron chi connectivity index (χ1n) is 11.0. The minimum atomic E-state index is -4.07. The third-order valence-electron chi connectivity index (χ3n) is 5.40. The van der Waals surface area contributed by atoms with Crippen molar-refractivity contribution in [1.82, 2.24) is 9.62 Å². The lowest BCUT2D eigenvalue weighted by atomic mass is 9.85. The maximum atomic E-state index is 12.5. The normalized spacial score (nSPS) is 17.3. The molecule has 2 aromatic rings. The molecule has 0 spiro atoms. The number of hydrogen-bond donors (Lipinski definition) is 3. The Balaban J connectivity index is 2.05. The molecule has 10 nitrogen and oxygen atoms in total. The van der Waals surface area contributed by atoms with E-state index in [9.17, 15) is 18.3 Å². The van der Waals surface area contributed by atoms with E-state index < -0.39 is 33.3 Å². The van der Waals surface area contributed by atoms with Gasteiger partial charge in [0.15, 0.2) is 17.4 Å². The molecule has 2 heterocycles. The first kappa shape index (κ1) is 26.3. The summed E-state index contributed by atoms with van der Waals surface area (Å²) in [7, 11) is 4.87. The molecular weight excluding hydrogens is 469 g/mol. The Labute approximate surface area is 207 Å². The van der Waals surface area contributed by atoms with Crippen molar-refractivity contribution in [3.05, 3.63) is 41.3 Å². The number of anilines is 1. The van der Waals surface area contributed by atoms with Gasteiger partial charge in [-0.25, -0.2) is 4.72 Å². The number of carbonyl (C=O) groups is 1. The van der Waals surface area contributed by atoms with Crippen molar-refractivity contribution in [3.8, 4) is 5.75 Å². The zero-order valence-electron chi connectivity index (χ0n) is 20.9. The molecule has 0 fully saturated rings. The SMILES string of the molecule is [B]c1ccc(NC2=NS(=O)(=O)NC2=N[C@@H](c2cc(C(C)C)co2)C(C)(C)C)c(O)c1C(=O)N(C)C. The van der Waals surface area contributed by atoms with Crippen LogP contribution in [-0.2, 0) is 10.2 Å². The molecule has 0 saturated carbocycles. The van der Waals surface area contributed by atoms with Gasteiger partial charge in [-0.05, 0) is 29.0 Å². The van der Waals surface area contributed by atoms with Gasteiger partial charge >= 0.3 is 10.2 Å². The number of furan rings is 1. The average Bonchev–Trinajstić information content (AvgIpc) is 3.31. The lowest BCUT2D eigenvalue weighted by Gasteiger charge is -2.26. The number of carbonyl (C=O) groups excluding carboxylic acids is 1. The van der Waals surface area contributed by atoms with Crippen LogP contribution < -0.4 is 15.5 Å². The van der Waals surface area contributed by atoms with Gasteiger partial charge in [-0.3, -0.25) is 9.79 Å². The molecule has 35 heavy (non-hydrogen) atoms. The predicted octanol–water partition coefficient (Wildman–Crippen LogP) is 2.45.